The molecular weight excluding hydrogens is 259 g/mol. The normalized spacial score (nSPS) is 12.9. The van der Waals surface area contributed by atoms with Gasteiger partial charge in [-0.15, -0.1) is 24.8 Å². The number of rotatable bonds is 7. The predicted molar refractivity (Wildman–Crippen MR) is 64.2 cm³/mol. The minimum Gasteiger partial charge on any atom is -0.480 e. The van der Waals surface area contributed by atoms with Gasteiger partial charge in [0.2, 0.25) is 0 Å². The minimum atomic E-state index is -1.03. The van der Waals surface area contributed by atoms with E-state index in [-0.39, 0.29) is 24.8 Å². The molecule has 0 aromatic rings. The van der Waals surface area contributed by atoms with Crippen molar-refractivity contribution in [2.45, 2.75) is 37.8 Å². The standard InChI is InChI=1S/C8H16N2O4.2ClH/c9-5(7(11)12)3-1-2-4-6(10)8(13)14;;/h5-6H,1-4,9-10H2,(H,11,12)(H,13,14);2*1H/t5-,6-;;/m0../s1. The molecule has 98 valence electrons. The van der Waals surface area contributed by atoms with Crippen LogP contribution in [0, 0.1) is 0 Å². The highest BCUT2D eigenvalue weighted by Crippen LogP contribution is 2.04. The molecule has 0 fully saturated rings. The van der Waals surface area contributed by atoms with Crippen molar-refractivity contribution in [3.63, 3.8) is 0 Å². The number of carboxylic acids is 2. The van der Waals surface area contributed by atoms with Gasteiger partial charge in [-0.05, 0) is 12.8 Å². The van der Waals surface area contributed by atoms with Crippen LogP contribution >= 0.6 is 24.8 Å². The molecule has 6 nitrogen and oxygen atoms in total. The van der Waals surface area contributed by atoms with E-state index in [9.17, 15) is 9.59 Å². The summed E-state index contributed by atoms with van der Waals surface area (Å²) in [6.07, 6.45) is 1.85. The Morgan fingerprint density at radius 1 is 0.875 bits per heavy atom. The maximum absolute atomic E-state index is 10.3. The smallest absolute Gasteiger partial charge is 0.320 e. The molecule has 0 aromatic heterocycles. The van der Waals surface area contributed by atoms with Gasteiger partial charge in [0.15, 0.2) is 0 Å². The van der Waals surface area contributed by atoms with Crippen molar-refractivity contribution in [2.75, 3.05) is 0 Å². The van der Waals surface area contributed by atoms with E-state index in [0.717, 1.165) is 0 Å². The summed E-state index contributed by atoms with van der Waals surface area (Å²) in [6, 6.07) is -1.73. The first-order chi connectivity index (χ1) is 6.45. The van der Waals surface area contributed by atoms with E-state index in [4.69, 9.17) is 21.7 Å². The molecule has 2 atom stereocenters. The summed E-state index contributed by atoms with van der Waals surface area (Å²) in [7, 11) is 0. The second kappa shape index (κ2) is 10.9. The van der Waals surface area contributed by atoms with Gasteiger partial charge in [0.25, 0.3) is 0 Å². The molecular formula is C8H18Cl2N2O4. The predicted octanol–water partition coefficient (Wildman–Crippen LogP) is 0.214. The van der Waals surface area contributed by atoms with Crippen LogP contribution < -0.4 is 11.5 Å². The molecule has 0 aliphatic rings. The fourth-order valence-electron chi connectivity index (χ4n) is 0.975. The Hall–Kier alpha value is -0.560. The molecule has 0 unspecified atom stereocenters. The maximum Gasteiger partial charge on any atom is 0.320 e. The second-order valence-electron chi connectivity index (χ2n) is 3.17. The summed E-state index contributed by atoms with van der Waals surface area (Å²) in [6.45, 7) is 0. The highest BCUT2D eigenvalue weighted by Gasteiger charge is 2.13. The summed E-state index contributed by atoms with van der Waals surface area (Å²) in [5.74, 6) is -2.07. The van der Waals surface area contributed by atoms with Crippen molar-refractivity contribution in [2.24, 2.45) is 11.5 Å². The number of hydrogen-bond acceptors (Lipinski definition) is 4. The van der Waals surface area contributed by atoms with E-state index < -0.39 is 24.0 Å². The molecule has 0 aromatic carbocycles. The molecule has 0 rings (SSSR count). The topological polar surface area (TPSA) is 127 Å². The maximum atomic E-state index is 10.3. The van der Waals surface area contributed by atoms with E-state index >= 15 is 0 Å². The van der Waals surface area contributed by atoms with Crippen molar-refractivity contribution in [3.05, 3.63) is 0 Å². The lowest BCUT2D eigenvalue weighted by molar-refractivity contribution is -0.139. The van der Waals surface area contributed by atoms with Crippen molar-refractivity contribution in [1.29, 1.82) is 0 Å². The Bertz CT molecular complexity index is 194. The van der Waals surface area contributed by atoms with Gasteiger partial charge in [0, 0.05) is 0 Å². The lowest BCUT2D eigenvalue weighted by atomic mass is 10.1. The van der Waals surface area contributed by atoms with Gasteiger partial charge in [0.05, 0.1) is 0 Å². The summed E-state index contributed by atoms with van der Waals surface area (Å²) in [4.78, 5) is 20.6. The fraction of sp³-hybridized carbons (Fsp3) is 0.750. The molecule has 0 aliphatic heterocycles. The van der Waals surface area contributed by atoms with Crippen molar-refractivity contribution >= 4 is 36.8 Å². The molecule has 16 heavy (non-hydrogen) atoms. The van der Waals surface area contributed by atoms with Crippen molar-refractivity contribution in [1.82, 2.24) is 0 Å². The number of nitrogens with two attached hydrogens (primary N) is 2. The Morgan fingerprint density at radius 3 is 1.31 bits per heavy atom. The zero-order valence-corrected chi connectivity index (χ0v) is 10.3. The molecule has 0 amide bonds. The van der Waals surface area contributed by atoms with E-state index in [0.29, 0.717) is 25.7 Å². The minimum absolute atomic E-state index is 0. The van der Waals surface area contributed by atoms with Gasteiger partial charge in [-0.3, -0.25) is 9.59 Å². The summed E-state index contributed by atoms with van der Waals surface area (Å²) in [5.41, 5.74) is 10.5. The van der Waals surface area contributed by atoms with Crippen LogP contribution in [0.5, 0.6) is 0 Å². The van der Waals surface area contributed by atoms with Gasteiger partial charge < -0.3 is 21.7 Å². The molecule has 0 aliphatic carbocycles. The van der Waals surface area contributed by atoms with Crippen LogP contribution in [0.2, 0.25) is 0 Å². The third-order valence-electron chi connectivity index (χ3n) is 1.91. The summed E-state index contributed by atoms with van der Waals surface area (Å²) < 4.78 is 0. The van der Waals surface area contributed by atoms with Crippen LogP contribution in [0.25, 0.3) is 0 Å². The molecule has 0 saturated carbocycles. The zero-order chi connectivity index (χ0) is 11.1. The van der Waals surface area contributed by atoms with Gasteiger partial charge in [-0.25, -0.2) is 0 Å². The van der Waals surface area contributed by atoms with Gasteiger partial charge in [-0.1, -0.05) is 12.8 Å². The highest BCUT2D eigenvalue weighted by molar-refractivity contribution is 5.85. The van der Waals surface area contributed by atoms with Crippen molar-refractivity contribution in [3.8, 4) is 0 Å². The third-order valence-corrected chi connectivity index (χ3v) is 1.91. The van der Waals surface area contributed by atoms with E-state index in [2.05, 4.69) is 0 Å². The van der Waals surface area contributed by atoms with Crippen LogP contribution in [0.4, 0.5) is 0 Å². The third kappa shape index (κ3) is 9.97. The van der Waals surface area contributed by atoms with Crippen LogP contribution in [0.1, 0.15) is 25.7 Å². The second-order valence-corrected chi connectivity index (χ2v) is 3.17. The molecule has 8 heteroatoms. The Labute approximate surface area is 106 Å². The first-order valence-corrected chi connectivity index (χ1v) is 4.42. The molecule has 0 radical (unpaired) electrons. The Balaban J connectivity index is -0.000000845. The SMILES string of the molecule is Cl.Cl.N[C@@H](CCCC[C@H](N)C(=O)O)C(=O)O. The van der Waals surface area contributed by atoms with E-state index in [1.54, 1.807) is 0 Å². The average Bonchev–Trinajstić information content (AvgIpc) is 2.11. The Kier molecular flexibility index (Phi) is 14.2. The number of carboxylic acid groups (broad SMARTS) is 2. The Morgan fingerprint density at radius 2 is 1.12 bits per heavy atom. The van der Waals surface area contributed by atoms with Crippen LogP contribution in [-0.4, -0.2) is 34.2 Å². The molecule has 0 spiro atoms. The zero-order valence-electron chi connectivity index (χ0n) is 8.67. The van der Waals surface area contributed by atoms with Gasteiger partial charge >= 0.3 is 11.9 Å². The van der Waals surface area contributed by atoms with E-state index in [1.807, 2.05) is 0 Å². The van der Waals surface area contributed by atoms with Gasteiger partial charge in [0.1, 0.15) is 12.1 Å². The van der Waals surface area contributed by atoms with Crippen LogP contribution in [0.3, 0.4) is 0 Å². The highest BCUT2D eigenvalue weighted by atomic mass is 35.5. The lowest BCUT2D eigenvalue weighted by Crippen LogP contribution is -2.31. The number of halogens is 2. The van der Waals surface area contributed by atoms with E-state index in [1.165, 1.54) is 0 Å². The summed E-state index contributed by atoms with van der Waals surface area (Å²) >= 11 is 0. The monoisotopic (exact) mass is 276 g/mol. The first kappa shape index (κ1) is 20.8. The van der Waals surface area contributed by atoms with Crippen LogP contribution in [0.15, 0.2) is 0 Å². The molecule has 6 N–H and O–H groups in total. The first-order valence-electron chi connectivity index (χ1n) is 4.42. The lowest BCUT2D eigenvalue weighted by Gasteiger charge is -2.07. The molecule has 0 heterocycles. The molecule has 0 saturated heterocycles. The number of carbonyl (C=O) groups is 2. The van der Waals surface area contributed by atoms with Crippen molar-refractivity contribution < 1.29 is 19.8 Å². The largest absolute Gasteiger partial charge is 0.480 e. The number of aliphatic carboxylic acids is 2. The number of unbranched alkanes of at least 4 members (excludes halogenated alkanes) is 1. The summed E-state index contributed by atoms with van der Waals surface area (Å²) in [5, 5.41) is 16.9. The quantitative estimate of drug-likeness (QED) is 0.493. The molecule has 0 bridgehead atoms. The average molecular weight is 277 g/mol. The van der Waals surface area contributed by atoms with Crippen LogP contribution in [-0.2, 0) is 9.59 Å². The fourth-order valence-corrected chi connectivity index (χ4v) is 0.975. The van der Waals surface area contributed by atoms with Gasteiger partial charge in [-0.2, -0.15) is 0 Å². The number of hydrogen-bond donors (Lipinski definition) is 4.